The Morgan fingerprint density at radius 3 is 2.61 bits per heavy atom. The fraction of sp³-hybridized carbons (Fsp3) is 0.0769. The molecular formula is C13H15IN4. The van der Waals surface area contributed by atoms with E-state index >= 15 is 0 Å². The highest BCUT2D eigenvalue weighted by Gasteiger charge is 1.94. The molecule has 0 radical (unpaired) electrons. The van der Waals surface area contributed by atoms with E-state index in [4.69, 9.17) is 5.73 Å². The predicted octanol–water partition coefficient (Wildman–Crippen LogP) is 2.63. The molecule has 4 nitrogen and oxygen atoms in total. The van der Waals surface area contributed by atoms with E-state index < -0.39 is 0 Å². The number of nitrogens with zero attached hydrogens (tertiary/aromatic N) is 2. The predicted molar refractivity (Wildman–Crippen MR) is 85.0 cm³/mol. The maximum absolute atomic E-state index is 5.77. The quantitative estimate of drug-likeness (QED) is 0.506. The van der Waals surface area contributed by atoms with Gasteiger partial charge in [0.05, 0.1) is 6.54 Å². The summed E-state index contributed by atoms with van der Waals surface area (Å²) in [5.74, 6) is 0.403. The molecule has 1 aromatic carbocycles. The molecule has 0 fully saturated rings. The fourth-order valence-corrected chi connectivity index (χ4v) is 1.38. The van der Waals surface area contributed by atoms with Crippen LogP contribution in [-0.4, -0.2) is 10.9 Å². The minimum Gasteiger partial charge on any atom is -0.370 e. The van der Waals surface area contributed by atoms with Gasteiger partial charge in [0.15, 0.2) is 5.96 Å². The zero-order valence-electron chi connectivity index (χ0n) is 9.78. The lowest BCUT2D eigenvalue weighted by atomic mass is 10.3. The molecule has 94 valence electrons. The lowest BCUT2D eigenvalue weighted by Crippen LogP contribution is -2.22. The summed E-state index contributed by atoms with van der Waals surface area (Å²) in [4.78, 5) is 8.25. The van der Waals surface area contributed by atoms with Crippen molar-refractivity contribution in [1.29, 1.82) is 0 Å². The van der Waals surface area contributed by atoms with Gasteiger partial charge in [-0.1, -0.05) is 24.3 Å². The maximum Gasteiger partial charge on any atom is 0.193 e. The normalized spacial score (nSPS) is 10.6. The molecule has 0 aliphatic heterocycles. The van der Waals surface area contributed by atoms with Crippen LogP contribution in [0.5, 0.6) is 0 Å². The minimum absolute atomic E-state index is 0. The summed E-state index contributed by atoms with van der Waals surface area (Å²) in [6.45, 7) is 0.527. The van der Waals surface area contributed by atoms with Crippen LogP contribution in [0.25, 0.3) is 0 Å². The molecule has 1 aromatic heterocycles. The van der Waals surface area contributed by atoms with Crippen molar-refractivity contribution in [2.24, 2.45) is 10.7 Å². The number of aliphatic imine (C=N–C) groups is 1. The van der Waals surface area contributed by atoms with Crippen LogP contribution in [0.2, 0.25) is 0 Å². The van der Waals surface area contributed by atoms with Crippen molar-refractivity contribution < 1.29 is 0 Å². The number of para-hydroxylation sites is 1. The van der Waals surface area contributed by atoms with Crippen LogP contribution in [0.15, 0.2) is 59.9 Å². The molecule has 1 heterocycles. The topological polar surface area (TPSA) is 63.3 Å². The van der Waals surface area contributed by atoms with Crippen LogP contribution >= 0.6 is 24.0 Å². The second-order valence-electron chi connectivity index (χ2n) is 3.55. The number of halogens is 1. The summed E-state index contributed by atoms with van der Waals surface area (Å²) < 4.78 is 0. The number of nitrogens with two attached hydrogens (primary N) is 1. The van der Waals surface area contributed by atoms with Gasteiger partial charge in [0.1, 0.15) is 0 Å². The Kier molecular flexibility index (Phi) is 6.13. The minimum atomic E-state index is 0. The average Bonchev–Trinajstić information content (AvgIpc) is 2.39. The summed E-state index contributed by atoms with van der Waals surface area (Å²) in [6.07, 6.45) is 3.51. The van der Waals surface area contributed by atoms with Crippen molar-refractivity contribution >= 4 is 35.6 Å². The van der Waals surface area contributed by atoms with Gasteiger partial charge in [-0.2, -0.15) is 0 Å². The molecule has 0 unspecified atom stereocenters. The number of benzene rings is 1. The van der Waals surface area contributed by atoms with Crippen molar-refractivity contribution in [1.82, 2.24) is 4.98 Å². The molecule has 3 N–H and O–H groups in total. The molecule has 2 aromatic rings. The third-order valence-electron chi connectivity index (χ3n) is 2.20. The van der Waals surface area contributed by atoms with Gasteiger partial charge < -0.3 is 11.1 Å². The second kappa shape index (κ2) is 7.65. The maximum atomic E-state index is 5.77. The summed E-state index contributed by atoms with van der Waals surface area (Å²) in [6, 6.07) is 13.6. The van der Waals surface area contributed by atoms with Gasteiger partial charge >= 0.3 is 0 Å². The zero-order valence-corrected chi connectivity index (χ0v) is 12.1. The molecule has 0 atom stereocenters. The van der Waals surface area contributed by atoms with Crippen LogP contribution in [0.3, 0.4) is 0 Å². The number of aromatic nitrogens is 1. The van der Waals surface area contributed by atoms with Gasteiger partial charge in [0.2, 0.25) is 0 Å². The molecule has 0 saturated carbocycles. The first-order valence-corrected chi connectivity index (χ1v) is 5.35. The van der Waals surface area contributed by atoms with E-state index in [1.165, 1.54) is 0 Å². The van der Waals surface area contributed by atoms with Gasteiger partial charge in [-0.05, 0) is 23.8 Å². The van der Waals surface area contributed by atoms with Crippen LogP contribution in [0, 0.1) is 0 Å². The van der Waals surface area contributed by atoms with Crippen LogP contribution in [-0.2, 0) is 6.54 Å². The largest absolute Gasteiger partial charge is 0.370 e. The van der Waals surface area contributed by atoms with Crippen LogP contribution < -0.4 is 11.1 Å². The van der Waals surface area contributed by atoms with Crippen molar-refractivity contribution in [3.63, 3.8) is 0 Å². The highest BCUT2D eigenvalue weighted by atomic mass is 127. The Labute approximate surface area is 123 Å². The number of hydrogen-bond acceptors (Lipinski definition) is 2. The second-order valence-corrected chi connectivity index (χ2v) is 3.55. The van der Waals surface area contributed by atoms with E-state index in [0.29, 0.717) is 12.5 Å². The average molecular weight is 354 g/mol. The number of rotatable bonds is 3. The lowest BCUT2D eigenvalue weighted by molar-refractivity contribution is 1.04. The van der Waals surface area contributed by atoms with E-state index in [-0.39, 0.29) is 24.0 Å². The van der Waals surface area contributed by atoms with Gasteiger partial charge in [-0.3, -0.25) is 4.98 Å². The third-order valence-corrected chi connectivity index (χ3v) is 2.20. The van der Waals surface area contributed by atoms with E-state index in [1.807, 2.05) is 42.5 Å². The summed E-state index contributed by atoms with van der Waals surface area (Å²) in [5, 5.41) is 3.02. The van der Waals surface area contributed by atoms with Crippen molar-refractivity contribution in [2.45, 2.75) is 6.54 Å². The molecule has 0 aliphatic carbocycles. The first-order valence-electron chi connectivity index (χ1n) is 5.35. The Bertz CT molecular complexity index is 485. The molecule has 0 spiro atoms. The van der Waals surface area contributed by atoms with Gasteiger partial charge in [-0.15, -0.1) is 24.0 Å². The van der Waals surface area contributed by atoms with Gasteiger partial charge in [-0.25, -0.2) is 4.99 Å². The van der Waals surface area contributed by atoms with Crippen molar-refractivity contribution in [3.8, 4) is 0 Å². The molecular weight excluding hydrogens is 339 g/mol. The first kappa shape index (κ1) is 14.4. The first-order chi connectivity index (χ1) is 8.34. The highest BCUT2D eigenvalue weighted by molar-refractivity contribution is 14.0. The number of guanidine groups is 1. The van der Waals surface area contributed by atoms with Gasteiger partial charge in [0.25, 0.3) is 0 Å². The van der Waals surface area contributed by atoms with E-state index in [1.54, 1.807) is 12.4 Å². The molecule has 0 bridgehead atoms. The molecule has 18 heavy (non-hydrogen) atoms. The Balaban J connectivity index is 0.00000162. The zero-order chi connectivity index (χ0) is 11.9. The summed E-state index contributed by atoms with van der Waals surface area (Å²) in [5.41, 5.74) is 7.74. The fourth-order valence-electron chi connectivity index (χ4n) is 1.38. The molecule has 0 amide bonds. The molecule has 0 saturated heterocycles. The van der Waals surface area contributed by atoms with Crippen molar-refractivity contribution in [2.75, 3.05) is 5.32 Å². The lowest BCUT2D eigenvalue weighted by Gasteiger charge is -2.04. The summed E-state index contributed by atoms with van der Waals surface area (Å²) in [7, 11) is 0. The third kappa shape index (κ3) is 4.70. The SMILES string of the molecule is I.NC(=NCc1cccnc1)Nc1ccccc1. The highest BCUT2D eigenvalue weighted by Crippen LogP contribution is 2.04. The van der Waals surface area contributed by atoms with Crippen LogP contribution in [0.4, 0.5) is 5.69 Å². The Morgan fingerprint density at radius 2 is 1.94 bits per heavy atom. The smallest absolute Gasteiger partial charge is 0.193 e. The van der Waals surface area contributed by atoms with Crippen LogP contribution in [0.1, 0.15) is 5.56 Å². The number of pyridine rings is 1. The number of hydrogen-bond donors (Lipinski definition) is 2. The van der Waals surface area contributed by atoms with E-state index in [2.05, 4.69) is 15.3 Å². The Hall–Kier alpha value is -1.63. The number of nitrogens with one attached hydrogen (secondary N) is 1. The summed E-state index contributed by atoms with van der Waals surface area (Å²) >= 11 is 0. The molecule has 0 aliphatic rings. The Morgan fingerprint density at radius 1 is 1.17 bits per heavy atom. The van der Waals surface area contributed by atoms with E-state index in [0.717, 1.165) is 11.3 Å². The van der Waals surface area contributed by atoms with Crippen molar-refractivity contribution in [3.05, 3.63) is 60.4 Å². The molecule has 2 rings (SSSR count). The van der Waals surface area contributed by atoms with Gasteiger partial charge in [0, 0.05) is 18.1 Å². The number of anilines is 1. The standard InChI is InChI=1S/C13H14N4.HI/c14-13(17-12-6-2-1-3-7-12)16-10-11-5-4-8-15-9-11;/h1-9H,10H2,(H3,14,16,17);1H. The molecule has 5 heteroatoms. The van der Waals surface area contributed by atoms with E-state index in [9.17, 15) is 0 Å². The monoisotopic (exact) mass is 354 g/mol.